The Kier molecular flexibility index (Phi) is 5.43. The number of hydrogen-bond donors (Lipinski definition) is 0. The van der Waals surface area contributed by atoms with Crippen LogP contribution in [0.15, 0.2) is 36.7 Å². The van der Waals surface area contributed by atoms with Crippen LogP contribution in [0.5, 0.6) is 11.8 Å². The van der Waals surface area contributed by atoms with Gasteiger partial charge in [-0.2, -0.15) is 9.97 Å². The largest absolute Gasteiger partial charge is 0.481 e. The molecule has 0 N–H and O–H groups in total. The fraction of sp³-hybridized carbons (Fsp3) is 0.250. The van der Waals surface area contributed by atoms with Crippen LogP contribution in [0.25, 0.3) is 0 Å². The first-order chi connectivity index (χ1) is 8.26. The highest BCUT2D eigenvalue weighted by atomic mass is 16.5. The summed E-state index contributed by atoms with van der Waals surface area (Å²) < 4.78 is 9.81. The molecule has 0 fully saturated rings. The minimum absolute atomic E-state index is 0.523. The smallest absolute Gasteiger partial charge is 0.220 e. The van der Waals surface area contributed by atoms with Crippen LogP contribution < -0.4 is 9.47 Å². The molecule has 0 saturated heterocycles. The predicted molar refractivity (Wildman–Crippen MR) is 64.1 cm³/mol. The fourth-order valence-electron chi connectivity index (χ4n) is 1.04. The molecular formula is C12H15N3O2. The topological polar surface area (TPSA) is 57.1 Å². The number of ether oxygens (including phenoxy) is 2. The molecule has 5 nitrogen and oxygen atoms in total. The molecule has 90 valence electrons. The Morgan fingerprint density at radius 1 is 0.882 bits per heavy atom. The molecule has 0 saturated carbocycles. The molecule has 0 aliphatic rings. The summed E-state index contributed by atoms with van der Waals surface area (Å²) in [4.78, 5) is 11.8. The van der Waals surface area contributed by atoms with Crippen molar-refractivity contribution in [2.75, 3.05) is 14.2 Å². The molecule has 17 heavy (non-hydrogen) atoms. The third-order valence-electron chi connectivity index (χ3n) is 1.78. The van der Waals surface area contributed by atoms with Crippen LogP contribution in [-0.4, -0.2) is 29.2 Å². The molecule has 0 radical (unpaired) electrons. The molecule has 0 atom stereocenters. The molecule has 0 aromatic carbocycles. The molecule has 0 unspecified atom stereocenters. The Labute approximate surface area is 100 Å². The minimum Gasteiger partial charge on any atom is -0.481 e. The van der Waals surface area contributed by atoms with Gasteiger partial charge in [0.25, 0.3) is 0 Å². The molecule has 0 amide bonds. The molecule has 2 rings (SSSR count). The van der Waals surface area contributed by atoms with Crippen molar-refractivity contribution in [1.82, 2.24) is 15.0 Å². The highest BCUT2D eigenvalue weighted by molar-refractivity contribution is 5.20. The number of aromatic nitrogens is 3. The zero-order chi connectivity index (χ0) is 12.5. The summed E-state index contributed by atoms with van der Waals surface area (Å²) in [5, 5.41) is 0. The third-order valence-corrected chi connectivity index (χ3v) is 1.78. The molecule has 0 bridgehead atoms. The molecule has 2 aromatic heterocycles. The van der Waals surface area contributed by atoms with Crippen molar-refractivity contribution >= 4 is 0 Å². The second-order valence-electron chi connectivity index (χ2n) is 3.02. The van der Waals surface area contributed by atoms with Crippen LogP contribution in [0.3, 0.4) is 0 Å². The Hall–Kier alpha value is -2.17. The van der Waals surface area contributed by atoms with Crippen molar-refractivity contribution in [3.05, 3.63) is 42.5 Å². The van der Waals surface area contributed by atoms with Crippen molar-refractivity contribution in [1.29, 1.82) is 0 Å². The van der Waals surface area contributed by atoms with Gasteiger partial charge >= 0.3 is 0 Å². The van der Waals surface area contributed by atoms with Gasteiger partial charge in [-0.3, -0.25) is 4.98 Å². The maximum Gasteiger partial charge on any atom is 0.220 e. The van der Waals surface area contributed by atoms with Crippen LogP contribution >= 0.6 is 0 Å². The Morgan fingerprint density at radius 3 is 1.71 bits per heavy atom. The molecule has 0 aliphatic carbocycles. The molecule has 0 aliphatic heterocycles. The van der Waals surface area contributed by atoms with E-state index in [9.17, 15) is 0 Å². The van der Waals surface area contributed by atoms with E-state index in [2.05, 4.69) is 15.0 Å². The lowest BCUT2D eigenvalue weighted by atomic mass is 10.5. The summed E-state index contributed by atoms with van der Waals surface area (Å²) in [7, 11) is 3.11. The highest BCUT2D eigenvalue weighted by Crippen LogP contribution is 2.13. The summed E-state index contributed by atoms with van der Waals surface area (Å²) in [6.07, 6.45) is 3.50. The average Bonchev–Trinajstić information content (AvgIpc) is 2.40. The summed E-state index contributed by atoms with van der Waals surface area (Å²) in [5.41, 5.74) is 0. The monoisotopic (exact) mass is 233 g/mol. The van der Waals surface area contributed by atoms with Gasteiger partial charge in [-0.1, -0.05) is 6.07 Å². The van der Waals surface area contributed by atoms with Gasteiger partial charge in [0.15, 0.2) is 0 Å². The average molecular weight is 233 g/mol. The molecular weight excluding hydrogens is 218 g/mol. The van der Waals surface area contributed by atoms with E-state index >= 15 is 0 Å². The summed E-state index contributed by atoms with van der Waals surface area (Å²) in [6.45, 7) is 1.78. The molecule has 5 heteroatoms. The molecule has 2 aromatic rings. The van der Waals surface area contributed by atoms with Crippen LogP contribution in [0.1, 0.15) is 5.82 Å². The second-order valence-corrected chi connectivity index (χ2v) is 3.02. The van der Waals surface area contributed by atoms with Crippen molar-refractivity contribution in [2.45, 2.75) is 6.92 Å². The van der Waals surface area contributed by atoms with E-state index in [0.29, 0.717) is 17.6 Å². The number of aryl methyl sites for hydroxylation is 1. The van der Waals surface area contributed by atoms with Crippen LogP contribution in [0.4, 0.5) is 0 Å². The Balaban J connectivity index is 0.000000202. The minimum atomic E-state index is 0.523. The number of nitrogens with zero attached hydrogens (tertiary/aromatic N) is 3. The fourth-order valence-corrected chi connectivity index (χ4v) is 1.04. The summed E-state index contributed by atoms with van der Waals surface area (Å²) in [6, 6.07) is 7.35. The standard InChI is InChI=1S/C7H10N2O2.C5H5N/c1-5-8-6(10-2)4-7(9-5)11-3;1-2-4-6-5-3-1/h4H,1-3H3;1-5H. The van der Waals surface area contributed by atoms with Gasteiger partial charge in [-0.15, -0.1) is 0 Å². The number of hydrogen-bond acceptors (Lipinski definition) is 5. The number of rotatable bonds is 2. The first-order valence-electron chi connectivity index (χ1n) is 5.05. The van der Waals surface area contributed by atoms with Crippen LogP contribution in [0.2, 0.25) is 0 Å². The van der Waals surface area contributed by atoms with Crippen molar-refractivity contribution in [2.24, 2.45) is 0 Å². The number of methoxy groups -OCH3 is 2. The summed E-state index contributed by atoms with van der Waals surface area (Å²) in [5.74, 6) is 1.69. The van der Waals surface area contributed by atoms with E-state index in [-0.39, 0.29) is 0 Å². The van der Waals surface area contributed by atoms with Gasteiger partial charge in [0.05, 0.1) is 20.3 Å². The normalized spacial score (nSPS) is 8.88. The van der Waals surface area contributed by atoms with Crippen LogP contribution in [-0.2, 0) is 0 Å². The second kappa shape index (κ2) is 7.16. The third kappa shape index (κ3) is 4.92. The lowest BCUT2D eigenvalue weighted by Crippen LogP contribution is -1.95. The molecule has 0 spiro atoms. The van der Waals surface area contributed by atoms with Crippen molar-refractivity contribution in [3.8, 4) is 11.8 Å². The molecule has 2 heterocycles. The lowest BCUT2D eigenvalue weighted by molar-refractivity contribution is 0.369. The van der Waals surface area contributed by atoms with Gasteiger partial charge in [0.2, 0.25) is 11.8 Å². The first kappa shape index (κ1) is 12.9. The Bertz CT molecular complexity index is 386. The first-order valence-corrected chi connectivity index (χ1v) is 5.05. The van der Waals surface area contributed by atoms with E-state index in [1.165, 1.54) is 0 Å². The van der Waals surface area contributed by atoms with Crippen LogP contribution in [0, 0.1) is 6.92 Å². The maximum absolute atomic E-state index is 4.91. The van der Waals surface area contributed by atoms with Crippen molar-refractivity contribution in [3.63, 3.8) is 0 Å². The van der Waals surface area contributed by atoms with Gasteiger partial charge in [0.1, 0.15) is 5.82 Å². The van der Waals surface area contributed by atoms with Gasteiger partial charge in [0, 0.05) is 12.4 Å². The van der Waals surface area contributed by atoms with E-state index < -0.39 is 0 Å². The zero-order valence-corrected chi connectivity index (χ0v) is 10.1. The van der Waals surface area contributed by atoms with E-state index in [0.717, 1.165) is 0 Å². The van der Waals surface area contributed by atoms with E-state index in [1.807, 2.05) is 18.2 Å². The van der Waals surface area contributed by atoms with Gasteiger partial charge in [-0.25, -0.2) is 0 Å². The summed E-state index contributed by atoms with van der Waals surface area (Å²) >= 11 is 0. The Morgan fingerprint density at radius 2 is 1.41 bits per heavy atom. The van der Waals surface area contributed by atoms with Crippen molar-refractivity contribution < 1.29 is 9.47 Å². The lowest BCUT2D eigenvalue weighted by Gasteiger charge is -2.02. The maximum atomic E-state index is 4.91. The highest BCUT2D eigenvalue weighted by Gasteiger charge is 1.99. The van der Waals surface area contributed by atoms with E-state index in [1.54, 1.807) is 39.6 Å². The predicted octanol–water partition coefficient (Wildman–Crippen LogP) is 1.88. The quantitative estimate of drug-likeness (QED) is 0.792. The van der Waals surface area contributed by atoms with Gasteiger partial charge in [-0.05, 0) is 19.1 Å². The zero-order valence-electron chi connectivity index (χ0n) is 10.1. The SMILES string of the molecule is COc1cc(OC)nc(C)n1.c1ccncc1. The number of pyridine rings is 1. The van der Waals surface area contributed by atoms with E-state index in [4.69, 9.17) is 9.47 Å². The van der Waals surface area contributed by atoms with Gasteiger partial charge < -0.3 is 9.47 Å².